The molecule has 0 atom stereocenters. The quantitative estimate of drug-likeness (QED) is 0.738. The van der Waals surface area contributed by atoms with Crippen molar-refractivity contribution in [3.63, 3.8) is 0 Å². The first-order valence-electron chi connectivity index (χ1n) is 7.07. The van der Waals surface area contributed by atoms with Crippen LogP contribution in [-0.4, -0.2) is 36.5 Å². The number of hydrogen-bond donors (Lipinski definition) is 0. The summed E-state index contributed by atoms with van der Waals surface area (Å²) in [6.45, 7) is 18.4. The Kier molecular flexibility index (Phi) is 9.35. The molecule has 0 N–H and O–H groups in total. The van der Waals surface area contributed by atoms with Gasteiger partial charge in [0.1, 0.15) is 5.60 Å². The SMILES string of the molecule is CC(C)(C)OC(C)(C)C.COCCC(=O)OC(C)(C)C. The van der Waals surface area contributed by atoms with Crippen LogP contribution in [0.4, 0.5) is 0 Å². The van der Waals surface area contributed by atoms with Crippen LogP contribution in [0, 0.1) is 0 Å². The number of ether oxygens (including phenoxy) is 3. The number of rotatable bonds is 3. The lowest BCUT2D eigenvalue weighted by atomic mass is 10.1. The average Bonchev–Trinajstić information content (AvgIpc) is 2.06. The zero-order valence-corrected chi connectivity index (χ0v) is 15.0. The summed E-state index contributed by atoms with van der Waals surface area (Å²) in [5.74, 6) is -0.209. The first kappa shape index (κ1) is 21.7. The zero-order valence-electron chi connectivity index (χ0n) is 15.0. The minimum absolute atomic E-state index is 0.0156. The third kappa shape index (κ3) is 22.6. The highest BCUT2D eigenvalue weighted by molar-refractivity contribution is 5.69. The lowest BCUT2D eigenvalue weighted by Gasteiger charge is -2.30. The van der Waals surface area contributed by atoms with E-state index >= 15 is 0 Å². The average molecular weight is 290 g/mol. The van der Waals surface area contributed by atoms with Crippen molar-refractivity contribution in [2.24, 2.45) is 0 Å². The summed E-state index contributed by atoms with van der Waals surface area (Å²) in [5.41, 5.74) is -0.415. The summed E-state index contributed by atoms with van der Waals surface area (Å²) >= 11 is 0. The van der Waals surface area contributed by atoms with E-state index in [2.05, 4.69) is 41.5 Å². The third-order valence-corrected chi connectivity index (χ3v) is 1.54. The Morgan fingerprint density at radius 3 is 1.40 bits per heavy atom. The molecule has 0 rings (SSSR count). The number of methoxy groups -OCH3 is 1. The summed E-state index contributed by atoms with van der Waals surface area (Å²) in [6.07, 6.45) is 0.327. The van der Waals surface area contributed by atoms with Gasteiger partial charge in [-0.1, -0.05) is 0 Å². The fourth-order valence-corrected chi connectivity index (χ4v) is 1.50. The van der Waals surface area contributed by atoms with Crippen molar-refractivity contribution in [2.45, 2.75) is 85.5 Å². The van der Waals surface area contributed by atoms with Crippen LogP contribution in [0.25, 0.3) is 0 Å². The molecule has 0 aliphatic carbocycles. The second-order valence-corrected chi connectivity index (χ2v) is 7.66. The van der Waals surface area contributed by atoms with Gasteiger partial charge in [0.05, 0.1) is 24.2 Å². The van der Waals surface area contributed by atoms with Gasteiger partial charge in [-0.25, -0.2) is 0 Å². The van der Waals surface area contributed by atoms with Gasteiger partial charge in [0.25, 0.3) is 0 Å². The monoisotopic (exact) mass is 290 g/mol. The van der Waals surface area contributed by atoms with Crippen LogP contribution in [0.5, 0.6) is 0 Å². The number of hydrogen-bond acceptors (Lipinski definition) is 4. The third-order valence-electron chi connectivity index (χ3n) is 1.54. The predicted molar refractivity (Wildman–Crippen MR) is 82.9 cm³/mol. The molecular weight excluding hydrogens is 256 g/mol. The molecule has 0 saturated carbocycles. The first-order chi connectivity index (χ1) is 8.66. The van der Waals surface area contributed by atoms with E-state index in [0.717, 1.165) is 0 Å². The molecule has 0 aromatic rings. The zero-order chi connectivity index (χ0) is 16.6. The van der Waals surface area contributed by atoms with Gasteiger partial charge in [0.2, 0.25) is 0 Å². The molecule has 0 unspecified atom stereocenters. The maximum absolute atomic E-state index is 10.9. The molecule has 0 aromatic carbocycles. The highest BCUT2D eigenvalue weighted by atomic mass is 16.6. The molecule has 20 heavy (non-hydrogen) atoms. The Balaban J connectivity index is 0. The van der Waals surface area contributed by atoms with E-state index in [1.807, 2.05) is 20.8 Å². The fraction of sp³-hybridized carbons (Fsp3) is 0.938. The summed E-state index contributed by atoms with van der Waals surface area (Å²) in [6, 6.07) is 0. The summed E-state index contributed by atoms with van der Waals surface area (Å²) in [7, 11) is 1.56. The van der Waals surface area contributed by atoms with Crippen molar-refractivity contribution < 1.29 is 19.0 Å². The van der Waals surface area contributed by atoms with Crippen LogP contribution in [0.2, 0.25) is 0 Å². The molecule has 4 heteroatoms. The van der Waals surface area contributed by atoms with E-state index in [9.17, 15) is 4.79 Å². The molecule has 0 aliphatic heterocycles. The minimum Gasteiger partial charge on any atom is -0.460 e. The van der Waals surface area contributed by atoms with E-state index in [-0.39, 0.29) is 22.8 Å². The van der Waals surface area contributed by atoms with Crippen molar-refractivity contribution in [1.82, 2.24) is 0 Å². The Labute approximate surface area is 125 Å². The number of esters is 1. The topological polar surface area (TPSA) is 44.8 Å². The molecule has 0 radical (unpaired) electrons. The van der Waals surface area contributed by atoms with Gasteiger partial charge in [-0.05, 0) is 62.3 Å². The molecule has 0 aromatic heterocycles. The van der Waals surface area contributed by atoms with Crippen LogP contribution in [-0.2, 0) is 19.0 Å². The molecule has 0 fully saturated rings. The maximum Gasteiger partial charge on any atom is 0.308 e. The van der Waals surface area contributed by atoms with E-state index in [1.165, 1.54) is 0 Å². The lowest BCUT2D eigenvalue weighted by molar-refractivity contribution is -0.155. The number of carbonyl (C=O) groups excluding carboxylic acids is 1. The molecule has 0 spiro atoms. The van der Waals surface area contributed by atoms with Gasteiger partial charge in [0, 0.05) is 7.11 Å². The minimum atomic E-state index is -0.384. The van der Waals surface area contributed by atoms with Crippen molar-refractivity contribution in [3.8, 4) is 0 Å². The lowest BCUT2D eigenvalue weighted by Crippen LogP contribution is -2.31. The number of carbonyl (C=O) groups is 1. The molecule has 4 nitrogen and oxygen atoms in total. The Bertz CT molecular complexity index is 252. The van der Waals surface area contributed by atoms with E-state index in [1.54, 1.807) is 7.11 Å². The molecule has 0 bridgehead atoms. The molecule has 0 saturated heterocycles. The normalized spacial score (nSPS) is 12.5. The van der Waals surface area contributed by atoms with Gasteiger partial charge in [-0.2, -0.15) is 0 Å². The van der Waals surface area contributed by atoms with Crippen molar-refractivity contribution >= 4 is 5.97 Å². The van der Waals surface area contributed by atoms with Crippen LogP contribution in [0.3, 0.4) is 0 Å². The van der Waals surface area contributed by atoms with E-state index < -0.39 is 0 Å². The molecule has 0 heterocycles. The Morgan fingerprint density at radius 2 is 1.20 bits per heavy atom. The Hall–Kier alpha value is -0.610. The highest BCUT2D eigenvalue weighted by Gasteiger charge is 2.20. The second kappa shape index (κ2) is 8.63. The summed E-state index contributed by atoms with van der Waals surface area (Å²) < 4.78 is 15.4. The maximum atomic E-state index is 10.9. The van der Waals surface area contributed by atoms with Crippen LogP contribution in [0.15, 0.2) is 0 Å². The van der Waals surface area contributed by atoms with Gasteiger partial charge < -0.3 is 14.2 Å². The van der Waals surface area contributed by atoms with E-state index in [0.29, 0.717) is 13.0 Å². The van der Waals surface area contributed by atoms with Crippen molar-refractivity contribution in [1.29, 1.82) is 0 Å². The van der Waals surface area contributed by atoms with Gasteiger partial charge in [-0.15, -0.1) is 0 Å². The first-order valence-corrected chi connectivity index (χ1v) is 7.07. The molecule has 0 amide bonds. The van der Waals surface area contributed by atoms with Crippen LogP contribution < -0.4 is 0 Å². The molecule has 122 valence electrons. The molecular formula is C16H34O4. The van der Waals surface area contributed by atoms with E-state index in [4.69, 9.17) is 14.2 Å². The van der Waals surface area contributed by atoms with Crippen molar-refractivity contribution in [3.05, 3.63) is 0 Å². The second-order valence-electron chi connectivity index (χ2n) is 7.66. The standard InChI is InChI=1S/C8H16O3.C8H18O/c1-8(2,3)11-7(9)5-6-10-4;1-7(2,3)9-8(4,5)6/h5-6H2,1-4H3;1-6H3. The van der Waals surface area contributed by atoms with Gasteiger partial charge in [0.15, 0.2) is 0 Å². The fourth-order valence-electron chi connectivity index (χ4n) is 1.50. The predicted octanol–water partition coefficient (Wildman–Crippen LogP) is 3.96. The smallest absolute Gasteiger partial charge is 0.308 e. The largest absolute Gasteiger partial charge is 0.460 e. The Morgan fingerprint density at radius 1 is 0.800 bits per heavy atom. The highest BCUT2D eigenvalue weighted by Crippen LogP contribution is 2.18. The summed E-state index contributed by atoms with van der Waals surface area (Å²) in [4.78, 5) is 10.9. The van der Waals surface area contributed by atoms with Crippen LogP contribution in [0.1, 0.15) is 68.7 Å². The van der Waals surface area contributed by atoms with Gasteiger partial charge >= 0.3 is 5.97 Å². The molecule has 0 aliphatic rings. The van der Waals surface area contributed by atoms with Crippen LogP contribution >= 0.6 is 0 Å². The van der Waals surface area contributed by atoms with Gasteiger partial charge in [-0.3, -0.25) is 4.79 Å². The van der Waals surface area contributed by atoms with Crippen molar-refractivity contribution in [2.75, 3.05) is 13.7 Å². The summed E-state index contributed by atoms with van der Waals surface area (Å²) in [5, 5.41) is 0.